The summed E-state index contributed by atoms with van der Waals surface area (Å²) in [6, 6.07) is 17.2. The first-order valence-electron chi connectivity index (χ1n) is 10.0. The number of hydrogen-bond donors (Lipinski definition) is 1. The van der Waals surface area contributed by atoms with Gasteiger partial charge in [0.1, 0.15) is 22.7 Å². The lowest BCUT2D eigenvalue weighted by Crippen LogP contribution is -2.07. The molecule has 1 aromatic heterocycles. The quantitative estimate of drug-likeness (QED) is 0.337. The molecule has 32 heavy (non-hydrogen) atoms. The van der Waals surface area contributed by atoms with Gasteiger partial charge in [0.05, 0.1) is 13.7 Å². The highest BCUT2D eigenvalue weighted by atomic mass is 19.1. The number of rotatable bonds is 7. The Hall–Kier alpha value is -4.06. The van der Waals surface area contributed by atoms with Gasteiger partial charge in [0.25, 0.3) is 0 Å². The summed E-state index contributed by atoms with van der Waals surface area (Å²) < 4.78 is 30.0. The summed E-state index contributed by atoms with van der Waals surface area (Å²) in [5.74, 6) is -0.177. The van der Waals surface area contributed by atoms with Crippen LogP contribution in [0.2, 0.25) is 0 Å². The average Bonchev–Trinajstić information content (AvgIpc) is 3.21. The topological polar surface area (TPSA) is 68.9 Å². The van der Waals surface area contributed by atoms with E-state index in [4.69, 9.17) is 13.9 Å². The van der Waals surface area contributed by atoms with Gasteiger partial charge >= 0.3 is 5.97 Å². The average molecular weight is 432 g/mol. The third-order valence-corrected chi connectivity index (χ3v) is 5.01. The zero-order valence-electron chi connectivity index (χ0n) is 17.6. The molecule has 3 aromatic carbocycles. The van der Waals surface area contributed by atoms with E-state index in [-0.39, 0.29) is 17.1 Å². The minimum absolute atomic E-state index is 0.0496. The maximum Gasteiger partial charge on any atom is 0.340 e. The van der Waals surface area contributed by atoms with Gasteiger partial charge in [-0.05, 0) is 48.4 Å². The third-order valence-electron chi connectivity index (χ3n) is 5.01. The molecule has 0 fully saturated rings. The van der Waals surface area contributed by atoms with Gasteiger partial charge in [-0.3, -0.25) is 0 Å². The van der Waals surface area contributed by atoms with Gasteiger partial charge in [-0.1, -0.05) is 42.5 Å². The number of ether oxygens (including phenoxy) is 2. The first kappa shape index (κ1) is 21.2. The van der Waals surface area contributed by atoms with Crippen molar-refractivity contribution in [3.63, 3.8) is 0 Å². The number of halogens is 1. The van der Waals surface area contributed by atoms with Gasteiger partial charge in [0, 0.05) is 10.9 Å². The molecule has 4 aromatic rings. The predicted molar refractivity (Wildman–Crippen MR) is 122 cm³/mol. The molecule has 5 nitrogen and oxygen atoms in total. The highest BCUT2D eigenvalue weighted by Crippen LogP contribution is 2.35. The van der Waals surface area contributed by atoms with Crippen molar-refractivity contribution in [2.75, 3.05) is 13.7 Å². The molecular weight excluding hydrogens is 411 g/mol. The predicted octanol–water partition coefficient (Wildman–Crippen LogP) is 6.51. The lowest BCUT2D eigenvalue weighted by Gasteiger charge is -2.14. The monoisotopic (exact) mass is 432 g/mol. The maximum absolute atomic E-state index is 13.4. The molecule has 6 heteroatoms. The molecule has 0 radical (unpaired) electrons. The second-order valence-electron chi connectivity index (χ2n) is 7.05. The standard InChI is InChI=1S/C26H21FO5/c1-3-31-25-22(30-2)12-10-18(24(25)26(28)29)9-6-16-4-7-17(8-5-16)23-15-19-14-20(27)11-13-21(19)32-23/h4-15H,3H2,1-2H3,(H,28,29). The van der Waals surface area contributed by atoms with E-state index >= 15 is 0 Å². The number of fused-ring (bicyclic) bond motifs is 1. The van der Waals surface area contributed by atoms with Crippen LogP contribution in [0, 0.1) is 5.82 Å². The van der Waals surface area contributed by atoms with Crippen molar-refractivity contribution in [3.05, 3.63) is 83.2 Å². The van der Waals surface area contributed by atoms with Crippen LogP contribution >= 0.6 is 0 Å². The molecular formula is C26H21FO5. The van der Waals surface area contributed by atoms with Crippen LogP contribution < -0.4 is 9.47 Å². The summed E-state index contributed by atoms with van der Waals surface area (Å²) in [5.41, 5.74) is 2.91. The van der Waals surface area contributed by atoms with E-state index in [1.165, 1.54) is 19.2 Å². The zero-order valence-corrected chi connectivity index (χ0v) is 17.6. The van der Waals surface area contributed by atoms with Gasteiger partial charge in [-0.15, -0.1) is 0 Å². The molecule has 1 N–H and O–H groups in total. The minimum Gasteiger partial charge on any atom is -0.493 e. The molecule has 162 valence electrons. The second kappa shape index (κ2) is 8.98. The molecule has 0 unspecified atom stereocenters. The van der Waals surface area contributed by atoms with Crippen LogP contribution in [0.15, 0.2) is 65.1 Å². The van der Waals surface area contributed by atoms with Crippen LogP contribution in [0.5, 0.6) is 11.5 Å². The van der Waals surface area contributed by atoms with Crippen molar-refractivity contribution < 1.29 is 28.2 Å². The van der Waals surface area contributed by atoms with Crippen molar-refractivity contribution in [3.8, 4) is 22.8 Å². The van der Waals surface area contributed by atoms with E-state index in [1.807, 2.05) is 30.3 Å². The van der Waals surface area contributed by atoms with E-state index in [1.54, 1.807) is 37.3 Å². The van der Waals surface area contributed by atoms with Crippen molar-refractivity contribution in [1.82, 2.24) is 0 Å². The molecule has 0 spiro atoms. The minimum atomic E-state index is -1.09. The van der Waals surface area contributed by atoms with Crippen LogP contribution in [0.4, 0.5) is 4.39 Å². The van der Waals surface area contributed by atoms with Crippen molar-refractivity contribution in [2.24, 2.45) is 0 Å². The van der Waals surface area contributed by atoms with E-state index in [9.17, 15) is 14.3 Å². The number of aromatic carboxylic acids is 1. The van der Waals surface area contributed by atoms with Crippen molar-refractivity contribution in [1.29, 1.82) is 0 Å². The van der Waals surface area contributed by atoms with Crippen LogP contribution in [-0.2, 0) is 0 Å². The van der Waals surface area contributed by atoms with Crippen LogP contribution in [0.25, 0.3) is 34.4 Å². The Morgan fingerprint density at radius 2 is 1.84 bits per heavy atom. The molecule has 0 saturated carbocycles. The summed E-state index contributed by atoms with van der Waals surface area (Å²) in [6.45, 7) is 2.10. The summed E-state index contributed by atoms with van der Waals surface area (Å²) in [6.07, 6.45) is 3.55. The van der Waals surface area contributed by atoms with Crippen LogP contribution in [0.1, 0.15) is 28.4 Å². The molecule has 0 aliphatic carbocycles. The molecule has 0 amide bonds. The van der Waals surface area contributed by atoms with E-state index in [0.29, 0.717) is 34.6 Å². The first-order valence-corrected chi connectivity index (χ1v) is 10.0. The maximum atomic E-state index is 13.4. The lowest BCUT2D eigenvalue weighted by atomic mass is 10.0. The van der Waals surface area contributed by atoms with Gasteiger partial charge < -0.3 is 19.0 Å². The van der Waals surface area contributed by atoms with Gasteiger partial charge in [0.2, 0.25) is 0 Å². The van der Waals surface area contributed by atoms with E-state index in [2.05, 4.69) is 0 Å². The third kappa shape index (κ3) is 4.21. The molecule has 0 aliphatic rings. The summed E-state index contributed by atoms with van der Waals surface area (Å²) >= 11 is 0. The molecule has 0 atom stereocenters. The van der Waals surface area contributed by atoms with E-state index in [0.717, 1.165) is 11.1 Å². The Labute approximate surface area is 184 Å². The SMILES string of the molecule is CCOc1c(OC)ccc(C=Cc2ccc(-c3cc4cc(F)ccc4o3)cc2)c1C(=O)O. The Kier molecular flexibility index (Phi) is 5.94. The number of benzene rings is 3. The Morgan fingerprint density at radius 3 is 2.53 bits per heavy atom. The Morgan fingerprint density at radius 1 is 1.06 bits per heavy atom. The molecule has 0 saturated heterocycles. The van der Waals surface area contributed by atoms with Crippen LogP contribution in [0.3, 0.4) is 0 Å². The van der Waals surface area contributed by atoms with Crippen molar-refractivity contribution >= 4 is 29.1 Å². The number of carboxylic acids is 1. The normalized spacial score (nSPS) is 11.2. The number of methoxy groups -OCH3 is 1. The number of hydrogen-bond acceptors (Lipinski definition) is 4. The summed E-state index contributed by atoms with van der Waals surface area (Å²) in [4.78, 5) is 11.9. The molecule has 0 bridgehead atoms. The lowest BCUT2D eigenvalue weighted by molar-refractivity contribution is 0.0691. The molecule has 4 rings (SSSR count). The summed E-state index contributed by atoms with van der Waals surface area (Å²) in [7, 11) is 1.47. The first-order chi connectivity index (χ1) is 15.5. The smallest absolute Gasteiger partial charge is 0.340 e. The highest BCUT2D eigenvalue weighted by Gasteiger charge is 2.20. The van der Waals surface area contributed by atoms with Gasteiger partial charge in [-0.2, -0.15) is 0 Å². The fourth-order valence-corrected chi connectivity index (χ4v) is 3.49. The second-order valence-corrected chi connectivity index (χ2v) is 7.05. The fourth-order valence-electron chi connectivity index (χ4n) is 3.49. The number of carboxylic acid groups (broad SMARTS) is 1. The number of carbonyl (C=O) groups is 1. The van der Waals surface area contributed by atoms with Gasteiger partial charge in [0.15, 0.2) is 11.5 Å². The highest BCUT2D eigenvalue weighted by molar-refractivity contribution is 5.97. The summed E-state index contributed by atoms with van der Waals surface area (Å²) in [5, 5.41) is 10.4. The Bertz CT molecular complexity index is 1300. The number of furan rings is 1. The zero-order chi connectivity index (χ0) is 22.7. The molecule has 0 aliphatic heterocycles. The Balaban J connectivity index is 1.62. The molecule has 1 heterocycles. The van der Waals surface area contributed by atoms with Gasteiger partial charge in [-0.25, -0.2) is 9.18 Å². The largest absolute Gasteiger partial charge is 0.493 e. The fraction of sp³-hybridized carbons (Fsp3) is 0.115. The van der Waals surface area contributed by atoms with Crippen molar-refractivity contribution in [2.45, 2.75) is 6.92 Å². The van der Waals surface area contributed by atoms with E-state index < -0.39 is 5.97 Å². The van der Waals surface area contributed by atoms with Crippen LogP contribution in [-0.4, -0.2) is 24.8 Å².